The number of carbonyl (C=O) groups is 2. The zero-order chi connectivity index (χ0) is 16.1. The van der Waals surface area contributed by atoms with E-state index >= 15 is 0 Å². The van der Waals surface area contributed by atoms with Crippen molar-refractivity contribution in [3.05, 3.63) is 41.5 Å². The summed E-state index contributed by atoms with van der Waals surface area (Å²) in [6, 6.07) is 8.16. The highest BCUT2D eigenvalue weighted by atomic mass is 16.4. The van der Waals surface area contributed by atoms with Crippen molar-refractivity contribution in [1.29, 1.82) is 0 Å². The SMILES string of the molecule is CCC(=CC(=O)N1CCC(C(=O)O)CC1)c1ccc(C)cc1. The molecule has 0 atom stereocenters. The number of benzene rings is 1. The van der Waals surface area contributed by atoms with Crippen LogP contribution in [0.4, 0.5) is 0 Å². The minimum Gasteiger partial charge on any atom is -0.481 e. The number of allylic oxidation sites excluding steroid dienone is 1. The highest BCUT2D eigenvalue weighted by Crippen LogP contribution is 2.21. The standard InChI is InChI=1S/C18H23NO3/c1-3-14(15-6-4-13(2)5-7-15)12-17(20)19-10-8-16(9-11-19)18(21)22/h4-7,12,16H,3,8-11H2,1-2H3,(H,21,22). The number of aryl methyl sites for hydroxylation is 1. The first kappa shape index (κ1) is 16.3. The molecule has 1 fully saturated rings. The highest BCUT2D eigenvalue weighted by molar-refractivity contribution is 5.95. The van der Waals surface area contributed by atoms with E-state index in [4.69, 9.17) is 5.11 Å². The monoisotopic (exact) mass is 301 g/mol. The lowest BCUT2D eigenvalue weighted by Crippen LogP contribution is -2.39. The fourth-order valence-electron chi connectivity index (χ4n) is 2.74. The molecule has 4 heteroatoms. The normalized spacial score (nSPS) is 16.6. The van der Waals surface area contributed by atoms with Gasteiger partial charge in [-0.25, -0.2) is 0 Å². The second-order valence-electron chi connectivity index (χ2n) is 5.83. The zero-order valence-electron chi connectivity index (χ0n) is 13.2. The smallest absolute Gasteiger partial charge is 0.306 e. The van der Waals surface area contributed by atoms with Crippen LogP contribution >= 0.6 is 0 Å². The summed E-state index contributed by atoms with van der Waals surface area (Å²) in [4.78, 5) is 25.1. The molecule has 0 aliphatic carbocycles. The van der Waals surface area contributed by atoms with E-state index in [9.17, 15) is 9.59 Å². The van der Waals surface area contributed by atoms with Gasteiger partial charge in [0.15, 0.2) is 0 Å². The van der Waals surface area contributed by atoms with Crippen LogP contribution in [0, 0.1) is 12.8 Å². The predicted molar refractivity (Wildman–Crippen MR) is 86.4 cm³/mol. The van der Waals surface area contributed by atoms with Crippen LogP contribution in [0.15, 0.2) is 30.3 Å². The van der Waals surface area contributed by atoms with Crippen LogP contribution in [0.1, 0.15) is 37.3 Å². The molecule has 0 saturated carbocycles. The molecule has 1 aromatic rings. The number of rotatable bonds is 4. The Morgan fingerprint density at radius 3 is 2.32 bits per heavy atom. The molecule has 1 heterocycles. The molecule has 1 amide bonds. The molecular formula is C18H23NO3. The Hall–Kier alpha value is -2.10. The maximum atomic E-state index is 12.4. The molecule has 0 bridgehead atoms. The Morgan fingerprint density at radius 2 is 1.82 bits per heavy atom. The van der Waals surface area contributed by atoms with Gasteiger partial charge in [0.05, 0.1) is 5.92 Å². The van der Waals surface area contributed by atoms with Crippen LogP contribution in [0.25, 0.3) is 5.57 Å². The molecule has 1 N–H and O–H groups in total. The third kappa shape index (κ3) is 3.97. The fraction of sp³-hybridized carbons (Fsp3) is 0.444. The van der Waals surface area contributed by atoms with Gasteiger partial charge in [0.2, 0.25) is 5.91 Å². The number of carbonyl (C=O) groups excluding carboxylic acids is 1. The zero-order valence-corrected chi connectivity index (χ0v) is 13.2. The van der Waals surface area contributed by atoms with E-state index in [-0.39, 0.29) is 11.8 Å². The van der Waals surface area contributed by atoms with E-state index in [1.54, 1.807) is 11.0 Å². The Bertz CT molecular complexity index is 566. The van der Waals surface area contributed by atoms with E-state index in [0.29, 0.717) is 25.9 Å². The molecule has 0 aromatic heterocycles. The van der Waals surface area contributed by atoms with E-state index in [0.717, 1.165) is 17.6 Å². The lowest BCUT2D eigenvalue weighted by Gasteiger charge is -2.29. The molecule has 1 aliphatic rings. The van der Waals surface area contributed by atoms with Crippen molar-refractivity contribution in [1.82, 2.24) is 4.90 Å². The molecule has 1 aromatic carbocycles. The van der Waals surface area contributed by atoms with Gasteiger partial charge < -0.3 is 10.0 Å². The second-order valence-corrected chi connectivity index (χ2v) is 5.83. The Labute approximate surface area is 131 Å². The van der Waals surface area contributed by atoms with Crippen molar-refractivity contribution in [2.75, 3.05) is 13.1 Å². The summed E-state index contributed by atoms with van der Waals surface area (Å²) in [5.41, 5.74) is 3.29. The molecule has 2 rings (SSSR count). The first-order chi connectivity index (χ1) is 10.5. The average molecular weight is 301 g/mol. The van der Waals surface area contributed by atoms with Gasteiger partial charge in [0.25, 0.3) is 0 Å². The van der Waals surface area contributed by atoms with Gasteiger partial charge in [-0.15, -0.1) is 0 Å². The number of nitrogens with zero attached hydrogens (tertiary/aromatic N) is 1. The quantitative estimate of drug-likeness (QED) is 0.869. The van der Waals surface area contributed by atoms with Gasteiger partial charge in [-0.3, -0.25) is 9.59 Å². The van der Waals surface area contributed by atoms with E-state index < -0.39 is 5.97 Å². The van der Waals surface area contributed by atoms with Crippen LogP contribution in [0.3, 0.4) is 0 Å². The number of piperidine rings is 1. The molecule has 22 heavy (non-hydrogen) atoms. The molecule has 4 nitrogen and oxygen atoms in total. The van der Waals surface area contributed by atoms with Crippen molar-refractivity contribution < 1.29 is 14.7 Å². The van der Waals surface area contributed by atoms with Crippen molar-refractivity contribution in [3.8, 4) is 0 Å². The lowest BCUT2D eigenvalue weighted by atomic mass is 9.96. The Kier molecular flexibility index (Phi) is 5.36. The Morgan fingerprint density at radius 1 is 1.23 bits per heavy atom. The molecule has 1 saturated heterocycles. The minimum absolute atomic E-state index is 0.0127. The minimum atomic E-state index is -0.753. The number of amides is 1. The molecule has 1 aliphatic heterocycles. The molecule has 0 radical (unpaired) electrons. The molecular weight excluding hydrogens is 278 g/mol. The largest absolute Gasteiger partial charge is 0.481 e. The van der Waals surface area contributed by atoms with Gasteiger partial charge in [-0.1, -0.05) is 36.8 Å². The van der Waals surface area contributed by atoms with Crippen molar-refractivity contribution in [2.45, 2.75) is 33.1 Å². The summed E-state index contributed by atoms with van der Waals surface area (Å²) in [6.45, 7) is 5.13. The van der Waals surface area contributed by atoms with E-state index in [1.807, 2.05) is 38.1 Å². The summed E-state index contributed by atoms with van der Waals surface area (Å²) in [5.74, 6) is -1.08. The number of carboxylic acid groups (broad SMARTS) is 1. The van der Waals surface area contributed by atoms with Crippen LogP contribution in [-0.2, 0) is 9.59 Å². The number of hydrogen-bond acceptors (Lipinski definition) is 2. The topological polar surface area (TPSA) is 57.6 Å². The third-order valence-electron chi connectivity index (χ3n) is 4.26. The fourth-order valence-corrected chi connectivity index (χ4v) is 2.74. The van der Waals surface area contributed by atoms with Gasteiger partial charge in [-0.05, 0) is 37.3 Å². The Balaban J connectivity index is 2.05. The van der Waals surface area contributed by atoms with Crippen molar-refractivity contribution in [2.24, 2.45) is 5.92 Å². The van der Waals surface area contributed by atoms with Gasteiger partial charge in [0.1, 0.15) is 0 Å². The van der Waals surface area contributed by atoms with Crippen LogP contribution in [0.2, 0.25) is 0 Å². The summed E-state index contributed by atoms with van der Waals surface area (Å²) >= 11 is 0. The average Bonchev–Trinajstić information content (AvgIpc) is 2.53. The summed E-state index contributed by atoms with van der Waals surface area (Å²) < 4.78 is 0. The summed E-state index contributed by atoms with van der Waals surface area (Å²) in [7, 11) is 0. The lowest BCUT2D eigenvalue weighted by molar-refractivity contribution is -0.144. The van der Waals surface area contributed by atoms with Gasteiger partial charge in [0, 0.05) is 19.2 Å². The predicted octanol–water partition coefficient (Wildman–Crippen LogP) is 3.11. The van der Waals surface area contributed by atoms with Crippen LogP contribution in [0.5, 0.6) is 0 Å². The maximum absolute atomic E-state index is 12.4. The second kappa shape index (κ2) is 7.25. The van der Waals surface area contributed by atoms with E-state index in [1.165, 1.54) is 5.56 Å². The highest BCUT2D eigenvalue weighted by Gasteiger charge is 2.26. The van der Waals surface area contributed by atoms with Gasteiger partial charge >= 0.3 is 5.97 Å². The van der Waals surface area contributed by atoms with Crippen LogP contribution < -0.4 is 0 Å². The first-order valence-corrected chi connectivity index (χ1v) is 7.80. The first-order valence-electron chi connectivity index (χ1n) is 7.80. The number of aliphatic carboxylic acids is 1. The van der Waals surface area contributed by atoms with Crippen molar-refractivity contribution >= 4 is 17.4 Å². The van der Waals surface area contributed by atoms with Gasteiger partial charge in [-0.2, -0.15) is 0 Å². The maximum Gasteiger partial charge on any atom is 0.306 e. The number of hydrogen-bond donors (Lipinski definition) is 1. The number of carboxylic acids is 1. The van der Waals surface area contributed by atoms with Crippen molar-refractivity contribution in [3.63, 3.8) is 0 Å². The molecule has 0 unspecified atom stereocenters. The number of likely N-dealkylation sites (tertiary alicyclic amines) is 1. The molecule has 0 spiro atoms. The molecule has 118 valence electrons. The summed E-state index contributed by atoms with van der Waals surface area (Å²) in [6.07, 6.45) is 3.58. The third-order valence-corrected chi connectivity index (χ3v) is 4.26. The van der Waals surface area contributed by atoms with Crippen LogP contribution in [-0.4, -0.2) is 35.0 Å². The van der Waals surface area contributed by atoms with E-state index in [2.05, 4.69) is 0 Å². The summed E-state index contributed by atoms with van der Waals surface area (Å²) in [5, 5.41) is 9.00.